The summed E-state index contributed by atoms with van der Waals surface area (Å²) in [6.45, 7) is 0. The van der Waals surface area contributed by atoms with Crippen molar-refractivity contribution in [2.24, 2.45) is 0 Å². The van der Waals surface area contributed by atoms with E-state index in [-0.39, 0.29) is 10.6 Å². The molecule has 76 valence electrons. The van der Waals surface area contributed by atoms with E-state index in [1.165, 1.54) is 0 Å². The number of aromatic hydroxyl groups is 1. The van der Waals surface area contributed by atoms with Gasteiger partial charge in [0.25, 0.3) is 0 Å². The van der Waals surface area contributed by atoms with Gasteiger partial charge in [-0.25, -0.2) is 4.39 Å². The largest absolute Gasteiger partial charge is 0.504 e. The fraction of sp³-hybridized carbons (Fsp3) is 0.333. The standard InChI is InChI=1S/C9H7ClF2O2/c10-5-3-4(9(14)1-2-9)6(11)7(12)8(5)13/h3,13-14H,1-2H2. The fourth-order valence-corrected chi connectivity index (χ4v) is 1.50. The number of benzene rings is 1. The summed E-state index contributed by atoms with van der Waals surface area (Å²) in [5.74, 6) is -3.56. The van der Waals surface area contributed by atoms with E-state index < -0.39 is 23.0 Å². The third kappa shape index (κ3) is 1.26. The van der Waals surface area contributed by atoms with E-state index in [1.807, 2.05) is 0 Å². The molecule has 0 radical (unpaired) electrons. The lowest BCUT2D eigenvalue weighted by Gasteiger charge is -2.11. The first kappa shape index (κ1) is 9.68. The second-order valence-electron chi connectivity index (χ2n) is 3.41. The molecule has 5 heteroatoms. The lowest BCUT2D eigenvalue weighted by Crippen LogP contribution is -2.09. The van der Waals surface area contributed by atoms with Gasteiger partial charge in [-0.3, -0.25) is 0 Å². The van der Waals surface area contributed by atoms with Crippen molar-refractivity contribution in [2.45, 2.75) is 18.4 Å². The number of hydrogen-bond donors (Lipinski definition) is 2. The lowest BCUT2D eigenvalue weighted by molar-refractivity contribution is 0.145. The van der Waals surface area contributed by atoms with Crippen LogP contribution in [0.3, 0.4) is 0 Å². The van der Waals surface area contributed by atoms with E-state index in [4.69, 9.17) is 16.7 Å². The summed E-state index contributed by atoms with van der Waals surface area (Å²) in [6, 6.07) is 1.06. The van der Waals surface area contributed by atoms with Crippen molar-refractivity contribution in [2.75, 3.05) is 0 Å². The van der Waals surface area contributed by atoms with Gasteiger partial charge in [-0.2, -0.15) is 4.39 Å². The molecule has 0 heterocycles. The minimum Gasteiger partial charge on any atom is -0.504 e. The minimum absolute atomic E-state index is 0.183. The Morgan fingerprint density at radius 1 is 1.29 bits per heavy atom. The van der Waals surface area contributed by atoms with E-state index in [9.17, 15) is 13.9 Å². The van der Waals surface area contributed by atoms with Crippen LogP contribution in [0.25, 0.3) is 0 Å². The maximum atomic E-state index is 13.2. The molecule has 1 aromatic carbocycles. The molecular weight excluding hydrogens is 214 g/mol. The van der Waals surface area contributed by atoms with Crippen molar-refractivity contribution >= 4 is 11.6 Å². The van der Waals surface area contributed by atoms with Gasteiger partial charge in [0.2, 0.25) is 5.82 Å². The summed E-state index contributed by atoms with van der Waals surface area (Å²) < 4.78 is 26.2. The molecule has 0 bridgehead atoms. The highest BCUT2D eigenvalue weighted by atomic mass is 35.5. The highest BCUT2D eigenvalue weighted by Crippen LogP contribution is 2.48. The Bertz CT molecular complexity index is 402. The van der Waals surface area contributed by atoms with E-state index in [0.29, 0.717) is 12.8 Å². The minimum atomic E-state index is -1.41. The van der Waals surface area contributed by atoms with Gasteiger partial charge >= 0.3 is 0 Å². The smallest absolute Gasteiger partial charge is 0.202 e. The molecule has 0 atom stereocenters. The van der Waals surface area contributed by atoms with Crippen molar-refractivity contribution in [1.29, 1.82) is 0 Å². The van der Waals surface area contributed by atoms with Crippen molar-refractivity contribution in [1.82, 2.24) is 0 Å². The summed E-state index contributed by atoms with van der Waals surface area (Å²) in [6.07, 6.45) is 0.759. The number of phenols is 1. The molecular formula is C9H7ClF2O2. The van der Waals surface area contributed by atoms with Crippen LogP contribution in [0.15, 0.2) is 6.07 Å². The van der Waals surface area contributed by atoms with Gasteiger partial charge in [-0.15, -0.1) is 0 Å². The van der Waals surface area contributed by atoms with Gasteiger partial charge in [0.05, 0.1) is 10.6 Å². The maximum absolute atomic E-state index is 13.2. The van der Waals surface area contributed by atoms with Gasteiger partial charge in [0.15, 0.2) is 11.6 Å². The molecule has 2 N–H and O–H groups in total. The molecule has 1 fully saturated rings. The Hall–Kier alpha value is -0.870. The van der Waals surface area contributed by atoms with Gasteiger partial charge in [-0.1, -0.05) is 11.6 Å². The summed E-state index contributed by atoms with van der Waals surface area (Å²) in [5, 5.41) is 18.3. The molecule has 0 aromatic heterocycles. The summed E-state index contributed by atoms with van der Waals surface area (Å²) >= 11 is 5.46. The SMILES string of the molecule is Oc1c(Cl)cc(C2(O)CC2)c(F)c1F. The monoisotopic (exact) mass is 220 g/mol. The third-order valence-electron chi connectivity index (χ3n) is 2.36. The first-order chi connectivity index (χ1) is 6.46. The predicted octanol–water partition coefficient (Wildman–Crippen LogP) is 2.31. The van der Waals surface area contributed by atoms with Crippen molar-refractivity contribution in [3.63, 3.8) is 0 Å². The molecule has 0 aliphatic heterocycles. The molecule has 1 aromatic rings. The first-order valence-corrected chi connectivity index (χ1v) is 4.43. The molecule has 0 unspecified atom stereocenters. The average Bonchev–Trinajstić information content (AvgIpc) is 2.87. The van der Waals surface area contributed by atoms with E-state index in [2.05, 4.69) is 0 Å². The van der Waals surface area contributed by atoms with Crippen LogP contribution in [-0.2, 0) is 5.60 Å². The van der Waals surface area contributed by atoms with E-state index >= 15 is 0 Å². The molecule has 2 rings (SSSR count). The zero-order valence-corrected chi connectivity index (χ0v) is 7.78. The van der Waals surface area contributed by atoms with Crippen LogP contribution in [0.1, 0.15) is 18.4 Å². The number of hydrogen-bond acceptors (Lipinski definition) is 2. The van der Waals surface area contributed by atoms with Crippen molar-refractivity contribution in [3.05, 3.63) is 28.3 Å². The maximum Gasteiger partial charge on any atom is 0.202 e. The van der Waals surface area contributed by atoms with Crippen LogP contribution in [0.4, 0.5) is 8.78 Å². The Morgan fingerprint density at radius 2 is 1.86 bits per heavy atom. The summed E-state index contributed by atoms with van der Waals surface area (Å²) in [5.41, 5.74) is -1.49. The van der Waals surface area contributed by atoms with Crippen molar-refractivity contribution < 1.29 is 19.0 Å². The number of halogens is 3. The normalized spacial score (nSPS) is 18.3. The molecule has 0 spiro atoms. The number of phenolic OH excluding ortho intramolecular Hbond substituents is 1. The summed E-state index contributed by atoms with van der Waals surface area (Å²) in [4.78, 5) is 0. The number of rotatable bonds is 1. The third-order valence-corrected chi connectivity index (χ3v) is 2.65. The average molecular weight is 221 g/mol. The Kier molecular flexibility index (Phi) is 1.94. The van der Waals surface area contributed by atoms with Crippen LogP contribution in [-0.4, -0.2) is 10.2 Å². The molecule has 2 nitrogen and oxygen atoms in total. The zero-order chi connectivity index (χ0) is 10.5. The lowest BCUT2D eigenvalue weighted by atomic mass is 10.1. The highest BCUT2D eigenvalue weighted by Gasteiger charge is 2.45. The molecule has 0 saturated heterocycles. The molecule has 1 aliphatic rings. The quantitative estimate of drug-likeness (QED) is 0.713. The van der Waals surface area contributed by atoms with E-state index in [1.54, 1.807) is 0 Å². The fourth-order valence-electron chi connectivity index (χ4n) is 1.31. The first-order valence-electron chi connectivity index (χ1n) is 4.05. The van der Waals surface area contributed by atoms with Gasteiger partial charge in [0.1, 0.15) is 0 Å². The van der Waals surface area contributed by atoms with Crippen LogP contribution in [0, 0.1) is 11.6 Å². The molecule has 14 heavy (non-hydrogen) atoms. The van der Waals surface area contributed by atoms with Crippen molar-refractivity contribution in [3.8, 4) is 5.75 Å². The second-order valence-corrected chi connectivity index (χ2v) is 3.82. The Morgan fingerprint density at radius 3 is 2.36 bits per heavy atom. The van der Waals surface area contributed by atoms with Gasteiger partial charge in [0, 0.05) is 5.56 Å². The van der Waals surface area contributed by atoms with Gasteiger partial charge < -0.3 is 10.2 Å². The van der Waals surface area contributed by atoms with Gasteiger partial charge in [-0.05, 0) is 18.9 Å². The van der Waals surface area contributed by atoms with Crippen LogP contribution < -0.4 is 0 Å². The highest BCUT2D eigenvalue weighted by molar-refractivity contribution is 6.32. The molecule has 1 aliphatic carbocycles. The number of aliphatic hydroxyl groups is 1. The van der Waals surface area contributed by atoms with Crippen LogP contribution in [0.2, 0.25) is 5.02 Å². The van der Waals surface area contributed by atoms with Crippen LogP contribution in [0.5, 0.6) is 5.75 Å². The summed E-state index contributed by atoms with van der Waals surface area (Å²) in [7, 11) is 0. The van der Waals surface area contributed by atoms with Crippen LogP contribution >= 0.6 is 11.6 Å². The zero-order valence-electron chi connectivity index (χ0n) is 7.02. The Labute approximate surface area is 83.7 Å². The topological polar surface area (TPSA) is 40.5 Å². The second kappa shape index (κ2) is 2.81. The predicted molar refractivity (Wildman–Crippen MR) is 46.2 cm³/mol. The Balaban J connectivity index is 2.62. The van der Waals surface area contributed by atoms with E-state index in [0.717, 1.165) is 6.07 Å². The molecule has 0 amide bonds. The molecule has 1 saturated carbocycles.